The zero-order chi connectivity index (χ0) is 13.7. The molecular formula is C12H16N2O4. The number of urea groups is 1. The molecule has 1 aromatic rings. The number of imide groups is 1. The van der Waals surface area contributed by atoms with Crippen molar-refractivity contribution >= 4 is 11.9 Å². The van der Waals surface area contributed by atoms with E-state index in [1.165, 1.54) is 0 Å². The Balaban J connectivity index is 2.72. The van der Waals surface area contributed by atoms with Crippen LogP contribution in [-0.2, 0) is 4.79 Å². The molecule has 0 aromatic heterocycles. The van der Waals surface area contributed by atoms with E-state index in [1.807, 2.05) is 12.2 Å². The highest BCUT2D eigenvalue weighted by Crippen LogP contribution is 2.26. The molecular weight excluding hydrogens is 236 g/mol. The van der Waals surface area contributed by atoms with Crippen LogP contribution in [0.25, 0.3) is 0 Å². The Morgan fingerprint density at radius 1 is 1.50 bits per heavy atom. The van der Waals surface area contributed by atoms with E-state index in [0.29, 0.717) is 11.3 Å². The molecule has 0 aliphatic heterocycles. The molecule has 0 saturated carbocycles. The minimum Gasteiger partial charge on any atom is -0.483 e. The molecule has 1 aromatic carbocycles. The van der Waals surface area contributed by atoms with Crippen molar-refractivity contribution in [1.82, 2.24) is 5.32 Å². The molecule has 6 heteroatoms. The van der Waals surface area contributed by atoms with Gasteiger partial charge >= 0.3 is 6.03 Å². The molecule has 4 N–H and O–H groups in total. The minimum absolute atomic E-state index is 0.342. The number of benzene rings is 1. The van der Waals surface area contributed by atoms with Gasteiger partial charge in [0.25, 0.3) is 5.91 Å². The third-order valence-corrected chi connectivity index (χ3v) is 2.24. The molecule has 0 bridgehead atoms. The fourth-order valence-corrected chi connectivity index (χ4v) is 1.44. The number of nitrogens with two attached hydrogens (primary N) is 1. The fourth-order valence-electron chi connectivity index (χ4n) is 1.44. The van der Waals surface area contributed by atoms with Gasteiger partial charge in [-0.15, -0.1) is 0 Å². The first kappa shape index (κ1) is 14.0. The normalized spacial score (nSPS) is 11.7. The Kier molecular flexibility index (Phi) is 4.67. The van der Waals surface area contributed by atoms with E-state index in [1.54, 1.807) is 25.1 Å². The molecule has 0 saturated heterocycles. The molecule has 0 heterocycles. The summed E-state index contributed by atoms with van der Waals surface area (Å²) in [7, 11) is 0. The summed E-state index contributed by atoms with van der Waals surface area (Å²) in [5.74, 6) is -0.241. The highest BCUT2D eigenvalue weighted by Gasteiger charge is 2.11. The summed E-state index contributed by atoms with van der Waals surface area (Å²) >= 11 is 0. The number of hydrogen-bond donors (Lipinski definition) is 3. The average molecular weight is 252 g/mol. The minimum atomic E-state index is -0.928. The van der Waals surface area contributed by atoms with Gasteiger partial charge in [-0.05, 0) is 26.0 Å². The molecule has 18 heavy (non-hydrogen) atoms. The Labute approximate surface area is 105 Å². The van der Waals surface area contributed by atoms with Crippen LogP contribution in [-0.4, -0.2) is 23.7 Å². The van der Waals surface area contributed by atoms with Crippen LogP contribution in [0.3, 0.4) is 0 Å². The second-order valence-electron chi connectivity index (χ2n) is 3.92. The average Bonchev–Trinajstić information content (AvgIpc) is 2.26. The first-order chi connectivity index (χ1) is 8.40. The van der Waals surface area contributed by atoms with Gasteiger partial charge in [-0.1, -0.05) is 11.6 Å². The van der Waals surface area contributed by atoms with E-state index in [9.17, 15) is 14.7 Å². The van der Waals surface area contributed by atoms with Gasteiger partial charge in [0.05, 0.1) is 6.10 Å². The highest BCUT2D eigenvalue weighted by atomic mass is 16.5. The van der Waals surface area contributed by atoms with Crippen molar-refractivity contribution in [3.63, 3.8) is 0 Å². The molecule has 1 atom stereocenters. The summed E-state index contributed by atoms with van der Waals surface area (Å²) in [5.41, 5.74) is 6.35. The third-order valence-electron chi connectivity index (χ3n) is 2.24. The SMILES string of the molecule is Cc1ccc(OCC(=O)NC(N)=O)c([C@@H](C)O)c1. The number of carbonyl (C=O) groups is 2. The largest absolute Gasteiger partial charge is 0.483 e. The van der Waals surface area contributed by atoms with Crippen LogP contribution in [0.1, 0.15) is 24.2 Å². The third kappa shape index (κ3) is 4.06. The fraction of sp³-hybridized carbons (Fsp3) is 0.333. The maximum Gasteiger partial charge on any atom is 0.318 e. The number of rotatable bonds is 4. The maximum atomic E-state index is 11.2. The second kappa shape index (κ2) is 6.02. The number of aliphatic hydroxyl groups excluding tert-OH is 1. The lowest BCUT2D eigenvalue weighted by atomic mass is 10.1. The van der Waals surface area contributed by atoms with E-state index < -0.39 is 18.0 Å². The molecule has 0 unspecified atom stereocenters. The van der Waals surface area contributed by atoms with Crippen LogP contribution < -0.4 is 15.8 Å². The van der Waals surface area contributed by atoms with Crippen LogP contribution >= 0.6 is 0 Å². The predicted octanol–water partition coefficient (Wildman–Crippen LogP) is 0.622. The van der Waals surface area contributed by atoms with Gasteiger partial charge < -0.3 is 15.6 Å². The predicted molar refractivity (Wildman–Crippen MR) is 65.0 cm³/mol. The summed E-state index contributed by atoms with van der Waals surface area (Å²) in [5, 5.41) is 11.5. The van der Waals surface area contributed by atoms with Crippen molar-refractivity contribution in [2.24, 2.45) is 5.73 Å². The smallest absolute Gasteiger partial charge is 0.318 e. The van der Waals surface area contributed by atoms with Crippen molar-refractivity contribution in [2.75, 3.05) is 6.61 Å². The molecule has 0 radical (unpaired) electrons. The summed E-state index contributed by atoms with van der Waals surface area (Å²) in [6, 6.07) is 4.30. The molecule has 0 aliphatic carbocycles. The molecule has 3 amide bonds. The Morgan fingerprint density at radius 3 is 2.72 bits per heavy atom. The summed E-state index contributed by atoms with van der Waals surface area (Å²) in [6.07, 6.45) is -0.709. The molecule has 98 valence electrons. The van der Waals surface area contributed by atoms with Crippen molar-refractivity contribution in [1.29, 1.82) is 0 Å². The van der Waals surface area contributed by atoms with Crippen molar-refractivity contribution in [3.8, 4) is 5.75 Å². The standard InChI is InChI=1S/C12H16N2O4/c1-7-3-4-10(9(5-7)8(2)15)18-6-11(16)14-12(13)17/h3-5,8,15H,6H2,1-2H3,(H3,13,14,16,17)/t8-/m1/s1. The summed E-state index contributed by atoms with van der Waals surface area (Å²) < 4.78 is 5.24. The van der Waals surface area contributed by atoms with E-state index in [0.717, 1.165) is 5.56 Å². The van der Waals surface area contributed by atoms with E-state index >= 15 is 0 Å². The molecule has 1 rings (SSSR count). The van der Waals surface area contributed by atoms with Crippen LogP contribution in [0.5, 0.6) is 5.75 Å². The van der Waals surface area contributed by atoms with Crippen LogP contribution in [0.4, 0.5) is 4.79 Å². The van der Waals surface area contributed by atoms with Gasteiger partial charge in [-0.2, -0.15) is 0 Å². The molecule has 0 fully saturated rings. The van der Waals surface area contributed by atoms with Gasteiger partial charge in [0.1, 0.15) is 5.75 Å². The summed E-state index contributed by atoms with van der Waals surface area (Å²) in [4.78, 5) is 21.6. The van der Waals surface area contributed by atoms with Gasteiger partial charge in [-0.25, -0.2) is 4.79 Å². The Bertz CT molecular complexity index is 457. The molecule has 6 nitrogen and oxygen atoms in total. The number of carbonyl (C=O) groups excluding carboxylic acids is 2. The number of ether oxygens (including phenoxy) is 1. The van der Waals surface area contributed by atoms with Crippen LogP contribution in [0.15, 0.2) is 18.2 Å². The number of primary amides is 1. The van der Waals surface area contributed by atoms with Gasteiger partial charge in [0, 0.05) is 5.56 Å². The molecule has 0 aliphatic rings. The van der Waals surface area contributed by atoms with E-state index in [2.05, 4.69) is 0 Å². The Morgan fingerprint density at radius 2 is 2.17 bits per heavy atom. The second-order valence-corrected chi connectivity index (χ2v) is 3.92. The lowest BCUT2D eigenvalue weighted by Crippen LogP contribution is -2.38. The number of aliphatic hydroxyl groups is 1. The van der Waals surface area contributed by atoms with Gasteiger partial charge in [-0.3, -0.25) is 10.1 Å². The quantitative estimate of drug-likeness (QED) is 0.731. The van der Waals surface area contributed by atoms with E-state index in [4.69, 9.17) is 10.5 Å². The zero-order valence-electron chi connectivity index (χ0n) is 10.3. The first-order valence-corrected chi connectivity index (χ1v) is 5.41. The first-order valence-electron chi connectivity index (χ1n) is 5.41. The number of amides is 3. The topological polar surface area (TPSA) is 102 Å². The van der Waals surface area contributed by atoms with Gasteiger partial charge in [0.15, 0.2) is 6.61 Å². The maximum absolute atomic E-state index is 11.2. The van der Waals surface area contributed by atoms with Gasteiger partial charge in [0.2, 0.25) is 0 Å². The van der Waals surface area contributed by atoms with Crippen LogP contribution in [0.2, 0.25) is 0 Å². The lowest BCUT2D eigenvalue weighted by Gasteiger charge is -2.13. The van der Waals surface area contributed by atoms with Crippen molar-refractivity contribution < 1.29 is 19.4 Å². The number of hydrogen-bond acceptors (Lipinski definition) is 4. The molecule has 0 spiro atoms. The summed E-state index contributed by atoms with van der Waals surface area (Å²) in [6.45, 7) is 3.15. The van der Waals surface area contributed by atoms with E-state index in [-0.39, 0.29) is 6.61 Å². The monoisotopic (exact) mass is 252 g/mol. The van der Waals surface area contributed by atoms with Crippen molar-refractivity contribution in [2.45, 2.75) is 20.0 Å². The van der Waals surface area contributed by atoms with Crippen LogP contribution in [0, 0.1) is 6.92 Å². The zero-order valence-corrected chi connectivity index (χ0v) is 10.3. The Hall–Kier alpha value is -2.08. The lowest BCUT2D eigenvalue weighted by molar-refractivity contribution is -0.121. The number of nitrogens with one attached hydrogen (secondary N) is 1. The van der Waals surface area contributed by atoms with Crippen molar-refractivity contribution in [3.05, 3.63) is 29.3 Å². The number of aryl methyl sites for hydroxylation is 1. The highest BCUT2D eigenvalue weighted by molar-refractivity contribution is 5.94.